The Morgan fingerprint density at radius 3 is 2.35 bits per heavy atom. The van der Waals surface area contributed by atoms with Gasteiger partial charge in [0.05, 0.1) is 14.2 Å². The average molecular weight is 230 g/mol. The number of benzene rings is 1. The Labute approximate surface area is 101 Å². The Morgan fingerprint density at radius 1 is 1.24 bits per heavy atom. The van der Waals surface area contributed by atoms with Gasteiger partial charge in [0.1, 0.15) is 11.2 Å². The van der Waals surface area contributed by atoms with E-state index in [-0.39, 0.29) is 5.97 Å². The minimum atomic E-state index is -0.547. The molecule has 3 nitrogen and oxygen atoms in total. The summed E-state index contributed by atoms with van der Waals surface area (Å²) in [6.45, 7) is 0. The third-order valence-corrected chi connectivity index (χ3v) is 2.86. The van der Waals surface area contributed by atoms with Crippen molar-refractivity contribution in [3.63, 3.8) is 0 Å². The van der Waals surface area contributed by atoms with Gasteiger partial charge in [0.15, 0.2) is 0 Å². The highest BCUT2D eigenvalue weighted by atomic mass is 16.5. The van der Waals surface area contributed by atoms with Crippen molar-refractivity contribution in [1.29, 1.82) is 0 Å². The summed E-state index contributed by atoms with van der Waals surface area (Å²) in [7, 11) is 3.02. The number of hydrogen-bond acceptors (Lipinski definition) is 3. The highest BCUT2D eigenvalue weighted by Crippen LogP contribution is 2.46. The maximum atomic E-state index is 11.5. The number of ether oxygens (including phenoxy) is 2. The van der Waals surface area contributed by atoms with Crippen LogP contribution < -0.4 is 4.74 Å². The molecular formula is C14H14O3. The Balaban J connectivity index is 2.13. The van der Waals surface area contributed by atoms with Gasteiger partial charge >= 0.3 is 5.97 Å². The number of methoxy groups -OCH3 is 2. The zero-order chi connectivity index (χ0) is 12.3. The van der Waals surface area contributed by atoms with Gasteiger partial charge in [-0.25, -0.2) is 0 Å². The zero-order valence-corrected chi connectivity index (χ0v) is 9.95. The summed E-state index contributed by atoms with van der Waals surface area (Å²) < 4.78 is 9.80. The van der Waals surface area contributed by atoms with Gasteiger partial charge in [-0.15, -0.1) is 0 Å². The van der Waals surface area contributed by atoms with E-state index in [0.29, 0.717) is 0 Å². The molecule has 0 amide bonds. The van der Waals surface area contributed by atoms with Gasteiger partial charge in [0.25, 0.3) is 0 Å². The number of carbonyl (C=O) groups excluding carboxylic acids is 1. The van der Waals surface area contributed by atoms with Crippen LogP contribution in [0.2, 0.25) is 0 Å². The molecule has 2 rings (SSSR count). The first-order chi connectivity index (χ1) is 8.20. The van der Waals surface area contributed by atoms with Gasteiger partial charge in [0, 0.05) is 5.56 Å². The second kappa shape index (κ2) is 4.50. The zero-order valence-electron chi connectivity index (χ0n) is 9.95. The molecule has 0 spiro atoms. The molecule has 0 N–H and O–H groups in total. The van der Waals surface area contributed by atoms with Gasteiger partial charge < -0.3 is 9.47 Å². The second-order valence-corrected chi connectivity index (χ2v) is 4.05. The summed E-state index contributed by atoms with van der Waals surface area (Å²) in [5, 5.41) is 0. The number of rotatable bonds is 2. The topological polar surface area (TPSA) is 35.5 Å². The van der Waals surface area contributed by atoms with Crippen LogP contribution in [0.4, 0.5) is 0 Å². The Hall–Kier alpha value is -1.95. The van der Waals surface area contributed by atoms with E-state index < -0.39 is 5.41 Å². The van der Waals surface area contributed by atoms with Crippen LogP contribution in [0, 0.1) is 17.3 Å². The van der Waals surface area contributed by atoms with Crippen molar-refractivity contribution in [2.75, 3.05) is 14.2 Å². The summed E-state index contributed by atoms with van der Waals surface area (Å²) in [5.74, 6) is 6.59. The Kier molecular flexibility index (Phi) is 3.06. The predicted molar refractivity (Wildman–Crippen MR) is 63.6 cm³/mol. The first-order valence-electron chi connectivity index (χ1n) is 5.46. The van der Waals surface area contributed by atoms with E-state index in [1.165, 1.54) is 7.11 Å². The summed E-state index contributed by atoms with van der Waals surface area (Å²) >= 11 is 0. The molecule has 0 aromatic heterocycles. The molecule has 0 bridgehead atoms. The van der Waals surface area contributed by atoms with Crippen LogP contribution in [0.1, 0.15) is 18.4 Å². The molecule has 1 aromatic rings. The number of carbonyl (C=O) groups is 1. The van der Waals surface area contributed by atoms with Crippen LogP contribution in [-0.4, -0.2) is 20.2 Å². The van der Waals surface area contributed by atoms with E-state index >= 15 is 0 Å². The third kappa shape index (κ3) is 2.42. The van der Waals surface area contributed by atoms with Crippen LogP contribution in [-0.2, 0) is 9.53 Å². The normalized spacial score (nSPS) is 15.4. The lowest BCUT2D eigenvalue weighted by atomic mass is 10.1. The van der Waals surface area contributed by atoms with Gasteiger partial charge in [0.2, 0.25) is 0 Å². The predicted octanol–water partition coefficient (Wildman–Crippen LogP) is 2.00. The molecule has 1 aliphatic carbocycles. The Bertz CT molecular complexity index is 472. The van der Waals surface area contributed by atoms with Gasteiger partial charge in [-0.05, 0) is 37.1 Å². The van der Waals surface area contributed by atoms with E-state index in [1.807, 2.05) is 24.3 Å². The van der Waals surface area contributed by atoms with Gasteiger partial charge in [-0.3, -0.25) is 4.79 Å². The smallest absolute Gasteiger partial charge is 0.324 e. The van der Waals surface area contributed by atoms with E-state index in [2.05, 4.69) is 11.8 Å². The summed E-state index contributed by atoms with van der Waals surface area (Å²) in [5.41, 5.74) is 0.329. The largest absolute Gasteiger partial charge is 0.497 e. The Morgan fingerprint density at radius 2 is 1.88 bits per heavy atom. The number of esters is 1. The fourth-order valence-corrected chi connectivity index (χ4v) is 1.57. The van der Waals surface area contributed by atoms with Gasteiger partial charge in [-0.1, -0.05) is 11.8 Å². The average Bonchev–Trinajstić information content (AvgIpc) is 3.17. The third-order valence-electron chi connectivity index (χ3n) is 2.86. The molecule has 1 fully saturated rings. The molecule has 0 unspecified atom stereocenters. The van der Waals surface area contributed by atoms with E-state index in [9.17, 15) is 4.79 Å². The van der Waals surface area contributed by atoms with Crippen molar-refractivity contribution < 1.29 is 14.3 Å². The van der Waals surface area contributed by atoms with Crippen LogP contribution in [0.15, 0.2) is 24.3 Å². The van der Waals surface area contributed by atoms with E-state index in [4.69, 9.17) is 9.47 Å². The second-order valence-electron chi connectivity index (χ2n) is 4.05. The molecule has 0 radical (unpaired) electrons. The fourth-order valence-electron chi connectivity index (χ4n) is 1.57. The molecule has 0 atom stereocenters. The molecule has 1 aromatic carbocycles. The van der Waals surface area contributed by atoms with Crippen molar-refractivity contribution in [3.8, 4) is 17.6 Å². The molecule has 0 saturated heterocycles. The first-order valence-corrected chi connectivity index (χ1v) is 5.46. The van der Waals surface area contributed by atoms with Gasteiger partial charge in [-0.2, -0.15) is 0 Å². The molecule has 17 heavy (non-hydrogen) atoms. The monoisotopic (exact) mass is 230 g/mol. The molecule has 0 heterocycles. The lowest BCUT2D eigenvalue weighted by molar-refractivity contribution is -0.144. The highest BCUT2D eigenvalue weighted by molar-refractivity contribution is 5.83. The summed E-state index contributed by atoms with van der Waals surface area (Å²) in [6, 6.07) is 7.45. The standard InChI is InChI=1S/C14H14O3/c1-16-12-5-3-11(4-6-12)7-8-14(9-10-14)13(15)17-2/h3-6H,9-10H2,1-2H3. The first kappa shape index (κ1) is 11.5. The molecular weight excluding hydrogens is 216 g/mol. The molecule has 88 valence electrons. The van der Waals surface area contributed by atoms with Crippen LogP contribution >= 0.6 is 0 Å². The van der Waals surface area contributed by atoms with Crippen molar-refractivity contribution >= 4 is 5.97 Å². The molecule has 1 aliphatic rings. The lowest BCUT2D eigenvalue weighted by Gasteiger charge is -2.03. The molecule has 1 saturated carbocycles. The highest BCUT2D eigenvalue weighted by Gasteiger charge is 2.50. The van der Waals surface area contributed by atoms with Crippen molar-refractivity contribution in [2.24, 2.45) is 5.41 Å². The lowest BCUT2D eigenvalue weighted by Crippen LogP contribution is -2.15. The van der Waals surface area contributed by atoms with Crippen molar-refractivity contribution in [2.45, 2.75) is 12.8 Å². The SMILES string of the molecule is COC(=O)C1(C#Cc2ccc(OC)cc2)CC1. The maximum absolute atomic E-state index is 11.5. The summed E-state index contributed by atoms with van der Waals surface area (Å²) in [4.78, 5) is 11.5. The number of hydrogen-bond donors (Lipinski definition) is 0. The minimum absolute atomic E-state index is 0.224. The molecule has 3 heteroatoms. The minimum Gasteiger partial charge on any atom is -0.497 e. The van der Waals surface area contributed by atoms with E-state index in [0.717, 1.165) is 24.2 Å². The van der Waals surface area contributed by atoms with E-state index in [1.54, 1.807) is 7.11 Å². The fraction of sp³-hybridized carbons (Fsp3) is 0.357. The van der Waals surface area contributed by atoms with Crippen LogP contribution in [0.5, 0.6) is 5.75 Å². The van der Waals surface area contributed by atoms with Crippen molar-refractivity contribution in [3.05, 3.63) is 29.8 Å². The van der Waals surface area contributed by atoms with Crippen molar-refractivity contribution in [1.82, 2.24) is 0 Å². The maximum Gasteiger partial charge on any atom is 0.324 e. The van der Waals surface area contributed by atoms with Crippen LogP contribution in [0.25, 0.3) is 0 Å². The molecule has 0 aliphatic heterocycles. The quantitative estimate of drug-likeness (QED) is 0.576. The summed E-state index contributed by atoms with van der Waals surface area (Å²) in [6.07, 6.45) is 1.59. The van der Waals surface area contributed by atoms with Crippen LogP contribution in [0.3, 0.4) is 0 Å².